The third-order valence-electron chi connectivity index (χ3n) is 5.37. The monoisotopic (exact) mass is 430 g/mol. The van der Waals surface area contributed by atoms with Crippen LogP contribution < -0.4 is 9.64 Å². The van der Waals surface area contributed by atoms with Gasteiger partial charge in [0.05, 0.1) is 30.8 Å². The minimum atomic E-state index is -0.424. The van der Waals surface area contributed by atoms with Crippen LogP contribution in [0.1, 0.15) is 37.4 Å². The molecule has 0 bridgehead atoms. The first kappa shape index (κ1) is 21.3. The lowest BCUT2D eigenvalue weighted by atomic mass is 10.0. The number of allylic oxidation sites excluding steroid dienone is 1. The molecule has 0 spiro atoms. The Morgan fingerprint density at radius 1 is 1.03 bits per heavy atom. The van der Waals surface area contributed by atoms with E-state index in [-0.39, 0.29) is 17.3 Å². The van der Waals surface area contributed by atoms with Crippen molar-refractivity contribution in [1.29, 1.82) is 0 Å². The molecule has 1 heterocycles. The molecule has 6 heteroatoms. The van der Waals surface area contributed by atoms with Crippen LogP contribution in [0.4, 0.5) is 0 Å². The number of Topliss-reactive ketones (excluding diaryl/α,β-unsaturated/α-hetero) is 1. The molecule has 3 aromatic rings. The van der Waals surface area contributed by atoms with E-state index in [1.54, 1.807) is 42.5 Å². The molecule has 0 amide bonds. The molecule has 0 fully saturated rings. The molecule has 0 saturated heterocycles. The van der Waals surface area contributed by atoms with Gasteiger partial charge in [-0.1, -0.05) is 42.5 Å². The third kappa shape index (κ3) is 4.40. The Bertz CT molecular complexity index is 1180. The molecule has 6 nitrogen and oxygen atoms in total. The number of ketones is 1. The topological polar surface area (TPSA) is 77.3 Å². The van der Waals surface area contributed by atoms with Crippen LogP contribution in [-0.2, 0) is 17.8 Å². The number of fused-ring (bicyclic) bond motifs is 1. The molecular weight excluding hydrogens is 406 g/mol. The van der Waals surface area contributed by atoms with Gasteiger partial charge in [0.25, 0.3) is 0 Å². The van der Waals surface area contributed by atoms with Crippen molar-refractivity contribution in [3.63, 3.8) is 0 Å². The summed E-state index contributed by atoms with van der Waals surface area (Å²) in [6.07, 6.45) is 1.63. The van der Waals surface area contributed by atoms with Gasteiger partial charge in [-0.05, 0) is 35.9 Å². The Morgan fingerprint density at radius 2 is 1.75 bits per heavy atom. The number of ether oxygens (including phenoxy) is 2. The lowest BCUT2D eigenvalue weighted by Gasteiger charge is -2.16. The third-order valence-corrected chi connectivity index (χ3v) is 5.37. The van der Waals surface area contributed by atoms with E-state index in [1.165, 1.54) is 12.7 Å². The summed E-state index contributed by atoms with van der Waals surface area (Å²) in [6.45, 7) is 1.27. The number of benzene rings is 3. The maximum atomic E-state index is 12.9. The number of esters is 1. The number of aromatic hydroxyl groups is 1. The van der Waals surface area contributed by atoms with Gasteiger partial charge in [-0.3, -0.25) is 4.79 Å². The zero-order chi connectivity index (χ0) is 22.7. The standard InChI is InChI=1S/C26H23NO5/c1-27(15-18-6-4-3-5-7-18)16-21-22(28)13-12-20-24(29)23(32-25(20)21)14-17-8-10-19(11-9-17)26(30)31-2/h3-14,28H,15-16H2,1-2H3/p+1/b23-14-. The molecule has 162 valence electrons. The minimum Gasteiger partial charge on any atom is -0.507 e. The zero-order valence-electron chi connectivity index (χ0n) is 17.9. The van der Waals surface area contributed by atoms with Gasteiger partial charge in [-0.2, -0.15) is 0 Å². The molecule has 1 atom stereocenters. The van der Waals surface area contributed by atoms with E-state index in [0.717, 1.165) is 11.4 Å². The van der Waals surface area contributed by atoms with Gasteiger partial charge in [0.1, 0.15) is 18.8 Å². The second kappa shape index (κ2) is 9.08. The van der Waals surface area contributed by atoms with Crippen LogP contribution >= 0.6 is 0 Å². The average Bonchev–Trinajstić information content (AvgIpc) is 3.12. The summed E-state index contributed by atoms with van der Waals surface area (Å²) in [6, 6.07) is 19.9. The smallest absolute Gasteiger partial charge is 0.337 e. The Labute approximate surface area is 186 Å². The summed E-state index contributed by atoms with van der Waals surface area (Å²) in [5, 5.41) is 10.5. The summed E-state index contributed by atoms with van der Waals surface area (Å²) in [4.78, 5) is 25.7. The number of carbonyl (C=O) groups is 2. The van der Waals surface area contributed by atoms with Crippen LogP contribution in [0.3, 0.4) is 0 Å². The molecule has 0 aromatic heterocycles. The predicted octanol–water partition coefficient (Wildman–Crippen LogP) is 3.01. The molecule has 32 heavy (non-hydrogen) atoms. The normalized spacial score (nSPS) is 14.7. The fraction of sp³-hybridized carbons (Fsp3) is 0.154. The second-order valence-corrected chi connectivity index (χ2v) is 7.79. The first-order chi connectivity index (χ1) is 15.5. The van der Waals surface area contributed by atoms with Crippen molar-refractivity contribution in [2.45, 2.75) is 13.1 Å². The predicted molar refractivity (Wildman–Crippen MR) is 120 cm³/mol. The van der Waals surface area contributed by atoms with Crippen molar-refractivity contribution in [3.8, 4) is 11.5 Å². The lowest BCUT2D eigenvalue weighted by Crippen LogP contribution is -3.06. The summed E-state index contributed by atoms with van der Waals surface area (Å²) in [5.41, 5.74) is 3.36. The van der Waals surface area contributed by atoms with E-state index in [4.69, 9.17) is 9.47 Å². The van der Waals surface area contributed by atoms with Crippen molar-refractivity contribution < 1.29 is 29.1 Å². The van der Waals surface area contributed by atoms with Crippen molar-refractivity contribution in [3.05, 3.63) is 100 Å². The Balaban J connectivity index is 1.56. The highest BCUT2D eigenvalue weighted by atomic mass is 16.5. The average molecular weight is 430 g/mol. The molecule has 1 unspecified atom stereocenters. The number of nitrogens with one attached hydrogen (secondary N) is 1. The Morgan fingerprint density at radius 3 is 2.44 bits per heavy atom. The highest BCUT2D eigenvalue weighted by Gasteiger charge is 2.32. The van der Waals surface area contributed by atoms with E-state index < -0.39 is 5.97 Å². The zero-order valence-corrected chi connectivity index (χ0v) is 17.9. The van der Waals surface area contributed by atoms with E-state index >= 15 is 0 Å². The number of phenols is 1. The fourth-order valence-electron chi connectivity index (χ4n) is 3.76. The molecule has 0 aliphatic carbocycles. The van der Waals surface area contributed by atoms with Gasteiger partial charge >= 0.3 is 5.97 Å². The molecule has 1 aliphatic rings. The first-order valence-electron chi connectivity index (χ1n) is 10.3. The number of quaternary nitrogens is 1. The summed E-state index contributed by atoms with van der Waals surface area (Å²) in [5.74, 6) is 0.0249. The maximum absolute atomic E-state index is 12.9. The quantitative estimate of drug-likeness (QED) is 0.464. The van der Waals surface area contributed by atoms with Crippen LogP contribution in [-0.4, -0.2) is 31.0 Å². The number of hydrogen-bond acceptors (Lipinski definition) is 5. The van der Waals surface area contributed by atoms with Gasteiger partial charge in [-0.25, -0.2) is 4.79 Å². The van der Waals surface area contributed by atoms with Gasteiger partial charge < -0.3 is 19.5 Å². The van der Waals surface area contributed by atoms with Crippen LogP contribution in [0, 0.1) is 0 Å². The van der Waals surface area contributed by atoms with E-state index in [1.807, 2.05) is 25.2 Å². The van der Waals surface area contributed by atoms with E-state index in [9.17, 15) is 14.7 Å². The molecule has 1 aliphatic heterocycles. The summed E-state index contributed by atoms with van der Waals surface area (Å²) < 4.78 is 10.6. The van der Waals surface area contributed by atoms with Crippen LogP contribution in [0.2, 0.25) is 0 Å². The van der Waals surface area contributed by atoms with Crippen molar-refractivity contribution in [2.24, 2.45) is 0 Å². The molecule has 0 radical (unpaired) electrons. The molecule has 3 aromatic carbocycles. The largest absolute Gasteiger partial charge is 0.507 e. The number of phenolic OH excluding ortho intramolecular Hbond substituents is 1. The SMILES string of the molecule is COC(=O)c1ccc(/C=C2\Oc3c(ccc(O)c3C[NH+](C)Cc3ccccc3)C2=O)cc1. The van der Waals surface area contributed by atoms with Gasteiger partial charge in [-0.15, -0.1) is 0 Å². The lowest BCUT2D eigenvalue weighted by molar-refractivity contribution is -0.907. The van der Waals surface area contributed by atoms with Crippen LogP contribution in [0.15, 0.2) is 72.5 Å². The van der Waals surface area contributed by atoms with Crippen molar-refractivity contribution >= 4 is 17.8 Å². The first-order valence-corrected chi connectivity index (χ1v) is 10.3. The highest BCUT2D eigenvalue weighted by molar-refractivity contribution is 6.15. The Kier molecular flexibility index (Phi) is 6.05. The van der Waals surface area contributed by atoms with Gasteiger partial charge in [0.15, 0.2) is 11.5 Å². The number of hydrogen-bond donors (Lipinski definition) is 2. The molecule has 2 N–H and O–H groups in total. The maximum Gasteiger partial charge on any atom is 0.337 e. The Hall–Kier alpha value is -3.90. The van der Waals surface area contributed by atoms with Crippen LogP contribution in [0.25, 0.3) is 6.08 Å². The number of carbonyl (C=O) groups excluding carboxylic acids is 2. The summed E-state index contributed by atoms with van der Waals surface area (Å²) >= 11 is 0. The molecule has 0 saturated carbocycles. The fourth-order valence-corrected chi connectivity index (χ4v) is 3.76. The van der Waals surface area contributed by atoms with Gasteiger partial charge in [0.2, 0.25) is 5.78 Å². The van der Waals surface area contributed by atoms with Crippen LogP contribution in [0.5, 0.6) is 11.5 Å². The number of methoxy groups -OCH3 is 1. The molecular formula is C26H24NO5+. The van der Waals surface area contributed by atoms with Gasteiger partial charge in [0, 0.05) is 5.56 Å². The minimum absolute atomic E-state index is 0.104. The summed E-state index contributed by atoms with van der Waals surface area (Å²) in [7, 11) is 3.36. The van der Waals surface area contributed by atoms with Crippen molar-refractivity contribution in [2.75, 3.05) is 14.2 Å². The second-order valence-electron chi connectivity index (χ2n) is 7.79. The molecule has 4 rings (SSSR count). The van der Waals surface area contributed by atoms with E-state index in [2.05, 4.69) is 12.1 Å². The highest BCUT2D eigenvalue weighted by Crippen LogP contribution is 2.39. The number of rotatable bonds is 6. The van der Waals surface area contributed by atoms with Crippen molar-refractivity contribution in [1.82, 2.24) is 0 Å². The van der Waals surface area contributed by atoms with E-state index in [0.29, 0.717) is 34.5 Å².